The number of carbonyl (C=O) groups is 1. The van der Waals surface area contributed by atoms with Crippen LogP contribution in [0.3, 0.4) is 0 Å². The van der Waals surface area contributed by atoms with Gasteiger partial charge in [0.1, 0.15) is 0 Å². The van der Waals surface area contributed by atoms with Crippen molar-refractivity contribution in [2.45, 2.75) is 0 Å². The van der Waals surface area contributed by atoms with Crippen LogP contribution in [0.1, 0.15) is 15.2 Å². The smallest absolute Gasteiger partial charge is 0.202 e. The van der Waals surface area contributed by atoms with Gasteiger partial charge in [-0.1, -0.05) is 17.7 Å². The van der Waals surface area contributed by atoms with E-state index in [9.17, 15) is 4.79 Å². The van der Waals surface area contributed by atoms with Crippen LogP contribution in [0.15, 0.2) is 40.2 Å². The van der Waals surface area contributed by atoms with Crippen LogP contribution in [0.4, 0.5) is 0 Å². The quantitative estimate of drug-likeness (QED) is 0.752. The molecule has 0 bridgehead atoms. The lowest BCUT2D eigenvalue weighted by atomic mass is 10.1. The molecule has 1 aromatic carbocycles. The Morgan fingerprint density at radius 2 is 2.13 bits per heavy atom. The van der Waals surface area contributed by atoms with Crippen molar-refractivity contribution in [1.82, 2.24) is 0 Å². The summed E-state index contributed by atoms with van der Waals surface area (Å²) in [6.07, 6.45) is 0. The van der Waals surface area contributed by atoms with Crippen LogP contribution in [-0.2, 0) is 0 Å². The number of halogens is 2. The molecule has 2 rings (SSSR count). The van der Waals surface area contributed by atoms with Crippen LogP contribution < -0.4 is 0 Å². The van der Waals surface area contributed by atoms with Crippen molar-refractivity contribution in [2.24, 2.45) is 0 Å². The van der Waals surface area contributed by atoms with E-state index < -0.39 is 0 Å². The van der Waals surface area contributed by atoms with Gasteiger partial charge in [0.15, 0.2) is 0 Å². The fourth-order valence-electron chi connectivity index (χ4n) is 1.19. The Hall–Kier alpha value is -0.640. The third-order valence-corrected chi connectivity index (χ3v) is 4.01. The summed E-state index contributed by atoms with van der Waals surface area (Å²) in [5.74, 6) is 0.0300. The summed E-state index contributed by atoms with van der Waals surface area (Å²) in [5, 5.41) is 2.50. The molecule has 0 spiro atoms. The minimum Gasteiger partial charge on any atom is -0.288 e. The van der Waals surface area contributed by atoms with Crippen molar-refractivity contribution in [3.05, 3.63) is 55.6 Å². The van der Waals surface area contributed by atoms with Gasteiger partial charge in [0.05, 0.1) is 9.90 Å². The maximum atomic E-state index is 11.9. The zero-order valence-electron chi connectivity index (χ0n) is 7.54. The molecule has 0 amide bonds. The number of ketones is 1. The normalized spacial score (nSPS) is 10.3. The molecular formula is C11H6BrClOS. The SMILES string of the molecule is O=C(c1ccc(Cl)c(Br)c1)c1cccs1. The zero-order chi connectivity index (χ0) is 10.8. The minimum atomic E-state index is 0.0300. The third-order valence-electron chi connectivity index (χ3n) is 1.93. The van der Waals surface area contributed by atoms with Gasteiger partial charge in [0, 0.05) is 10.0 Å². The summed E-state index contributed by atoms with van der Waals surface area (Å²) in [6.45, 7) is 0. The van der Waals surface area contributed by atoms with Gasteiger partial charge in [0.25, 0.3) is 0 Å². The lowest BCUT2D eigenvalue weighted by molar-refractivity contribution is 0.104. The van der Waals surface area contributed by atoms with Gasteiger partial charge in [-0.2, -0.15) is 0 Å². The fourth-order valence-corrected chi connectivity index (χ4v) is 2.37. The molecule has 0 unspecified atom stereocenters. The van der Waals surface area contributed by atoms with Gasteiger partial charge in [-0.15, -0.1) is 11.3 Å². The summed E-state index contributed by atoms with van der Waals surface area (Å²) < 4.78 is 0.742. The number of hydrogen-bond acceptors (Lipinski definition) is 2. The average Bonchev–Trinajstić information content (AvgIpc) is 2.74. The largest absolute Gasteiger partial charge is 0.288 e. The topological polar surface area (TPSA) is 17.1 Å². The first-order chi connectivity index (χ1) is 7.18. The predicted octanol–water partition coefficient (Wildman–Crippen LogP) is 4.40. The van der Waals surface area contributed by atoms with Crippen molar-refractivity contribution in [1.29, 1.82) is 0 Å². The van der Waals surface area contributed by atoms with Crippen molar-refractivity contribution in [3.8, 4) is 0 Å². The first-order valence-corrected chi connectivity index (χ1v) is 6.27. The molecule has 0 aliphatic carbocycles. The van der Waals surface area contributed by atoms with Crippen LogP contribution >= 0.6 is 38.9 Å². The maximum Gasteiger partial charge on any atom is 0.202 e. The average molecular weight is 302 g/mol. The first kappa shape index (κ1) is 10.9. The molecule has 0 aliphatic heterocycles. The molecule has 1 aromatic heterocycles. The Labute approximate surface area is 105 Å². The predicted molar refractivity (Wildman–Crippen MR) is 66.9 cm³/mol. The highest BCUT2D eigenvalue weighted by atomic mass is 79.9. The van der Waals surface area contributed by atoms with Gasteiger partial charge < -0.3 is 0 Å². The van der Waals surface area contributed by atoms with Crippen LogP contribution in [0.2, 0.25) is 5.02 Å². The molecule has 1 nitrogen and oxygen atoms in total. The van der Waals surface area contributed by atoms with Gasteiger partial charge in [-0.25, -0.2) is 0 Å². The van der Waals surface area contributed by atoms with Crippen LogP contribution in [0.5, 0.6) is 0 Å². The Morgan fingerprint density at radius 3 is 2.73 bits per heavy atom. The van der Waals surface area contributed by atoms with Gasteiger partial charge in [-0.05, 0) is 45.6 Å². The number of carbonyl (C=O) groups excluding carboxylic acids is 1. The lowest BCUT2D eigenvalue weighted by Crippen LogP contribution is -1.97. The highest BCUT2D eigenvalue weighted by Crippen LogP contribution is 2.25. The zero-order valence-corrected chi connectivity index (χ0v) is 10.7. The standard InChI is InChI=1S/C11H6BrClOS/c12-8-6-7(3-4-9(8)13)11(14)10-2-1-5-15-10/h1-6H. The second-order valence-electron chi connectivity index (χ2n) is 2.94. The van der Waals surface area contributed by atoms with Crippen LogP contribution in [0.25, 0.3) is 0 Å². The van der Waals surface area contributed by atoms with Gasteiger partial charge in [0.2, 0.25) is 5.78 Å². The van der Waals surface area contributed by atoms with E-state index in [1.807, 2.05) is 17.5 Å². The Bertz CT molecular complexity index is 493. The number of rotatable bonds is 2. The molecule has 0 saturated carbocycles. The molecule has 0 radical (unpaired) electrons. The van der Waals surface area contributed by atoms with Crippen molar-refractivity contribution >= 4 is 44.7 Å². The van der Waals surface area contributed by atoms with E-state index in [0.29, 0.717) is 10.6 Å². The van der Waals surface area contributed by atoms with Gasteiger partial charge in [-0.3, -0.25) is 4.79 Å². The maximum absolute atomic E-state index is 11.9. The fraction of sp³-hybridized carbons (Fsp3) is 0. The van der Waals surface area contributed by atoms with E-state index >= 15 is 0 Å². The summed E-state index contributed by atoms with van der Waals surface area (Å²) in [7, 11) is 0. The van der Waals surface area contributed by atoms with E-state index in [4.69, 9.17) is 11.6 Å². The Morgan fingerprint density at radius 1 is 1.33 bits per heavy atom. The third kappa shape index (κ3) is 2.30. The van der Waals surface area contributed by atoms with Crippen molar-refractivity contribution < 1.29 is 4.79 Å². The summed E-state index contributed by atoms with van der Waals surface area (Å²) >= 11 is 10.6. The number of thiophene rings is 1. The Kier molecular flexibility index (Phi) is 3.24. The van der Waals surface area contributed by atoms with Crippen LogP contribution in [0, 0.1) is 0 Å². The molecule has 0 saturated heterocycles. The molecule has 0 N–H and O–H groups in total. The lowest BCUT2D eigenvalue weighted by Gasteiger charge is -2.00. The van der Waals surface area contributed by atoms with E-state index in [2.05, 4.69) is 15.9 Å². The molecule has 1 heterocycles. The summed E-state index contributed by atoms with van der Waals surface area (Å²) in [5.41, 5.74) is 0.647. The minimum absolute atomic E-state index is 0.0300. The molecular weight excluding hydrogens is 296 g/mol. The molecule has 0 fully saturated rings. The van der Waals surface area contributed by atoms with Crippen molar-refractivity contribution in [2.75, 3.05) is 0 Å². The van der Waals surface area contributed by atoms with E-state index in [-0.39, 0.29) is 5.78 Å². The van der Waals surface area contributed by atoms with Crippen LogP contribution in [-0.4, -0.2) is 5.78 Å². The molecule has 0 aliphatic rings. The van der Waals surface area contributed by atoms with E-state index in [1.165, 1.54) is 11.3 Å². The monoisotopic (exact) mass is 300 g/mol. The molecule has 2 aromatic rings. The summed E-state index contributed by atoms with van der Waals surface area (Å²) in [6, 6.07) is 8.87. The molecule has 0 atom stereocenters. The molecule has 76 valence electrons. The summed E-state index contributed by atoms with van der Waals surface area (Å²) in [4.78, 5) is 12.7. The second-order valence-corrected chi connectivity index (χ2v) is 5.14. The highest BCUT2D eigenvalue weighted by Gasteiger charge is 2.10. The molecule has 4 heteroatoms. The number of benzene rings is 1. The van der Waals surface area contributed by atoms with E-state index in [1.54, 1.807) is 18.2 Å². The Balaban J connectivity index is 2.39. The van der Waals surface area contributed by atoms with E-state index in [0.717, 1.165) is 9.35 Å². The second kappa shape index (κ2) is 4.47. The number of hydrogen-bond donors (Lipinski definition) is 0. The highest BCUT2D eigenvalue weighted by molar-refractivity contribution is 9.10. The first-order valence-electron chi connectivity index (χ1n) is 4.22. The van der Waals surface area contributed by atoms with Crippen molar-refractivity contribution in [3.63, 3.8) is 0 Å². The van der Waals surface area contributed by atoms with Gasteiger partial charge >= 0.3 is 0 Å². The molecule has 15 heavy (non-hydrogen) atoms.